The fourth-order valence-electron chi connectivity index (χ4n) is 3.86. The number of rotatable bonds is 6. The summed E-state index contributed by atoms with van der Waals surface area (Å²) in [6, 6.07) is 10.4. The second-order valence-electron chi connectivity index (χ2n) is 7.66. The monoisotopic (exact) mass is 467 g/mol. The molecule has 4 rings (SSSR count). The van der Waals surface area contributed by atoms with Crippen molar-refractivity contribution < 1.29 is 22.7 Å². The van der Waals surface area contributed by atoms with Gasteiger partial charge in [-0.2, -0.15) is 0 Å². The first-order valence-corrected chi connectivity index (χ1v) is 11.2. The van der Waals surface area contributed by atoms with Gasteiger partial charge in [-0.15, -0.1) is 12.4 Å². The van der Waals surface area contributed by atoms with E-state index in [9.17, 15) is 13.2 Å². The fraction of sp³-hybridized carbons (Fsp3) is 0.381. The zero-order chi connectivity index (χ0) is 21.5. The van der Waals surface area contributed by atoms with E-state index in [1.165, 1.54) is 6.92 Å². The summed E-state index contributed by atoms with van der Waals surface area (Å²) in [6.07, 6.45) is 0.649. The summed E-state index contributed by atoms with van der Waals surface area (Å²) in [7, 11) is 0.0925. The molecule has 0 fully saturated rings. The number of sulfonamides is 1. The molecule has 1 N–H and O–H groups in total. The molecular formula is C21H26ClN3O5S. The first kappa shape index (κ1) is 23.3. The van der Waals surface area contributed by atoms with Gasteiger partial charge in [-0.1, -0.05) is 6.07 Å². The molecule has 0 aromatic heterocycles. The lowest BCUT2D eigenvalue weighted by Gasteiger charge is -2.25. The zero-order valence-corrected chi connectivity index (χ0v) is 19.3. The molecule has 1 amide bonds. The average Bonchev–Trinajstić information content (AvgIpc) is 3.33. The molecule has 0 radical (unpaired) electrons. The van der Waals surface area contributed by atoms with Crippen LogP contribution < -0.4 is 19.1 Å². The van der Waals surface area contributed by atoms with Crippen molar-refractivity contribution in [2.75, 3.05) is 38.9 Å². The number of benzene rings is 2. The van der Waals surface area contributed by atoms with Crippen LogP contribution in [0.25, 0.3) is 0 Å². The van der Waals surface area contributed by atoms with Crippen LogP contribution in [0.3, 0.4) is 0 Å². The number of likely N-dealkylation sites (N-methyl/N-ethyl adjacent to an activating group) is 1. The molecule has 0 bridgehead atoms. The van der Waals surface area contributed by atoms with Crippen LogP contribution in [0, 0.1) is 0 Å². The lowest BCUT2D eigenvalue weighted by Crippen LogP contribution is -2.34. The third-order valence-electron chi connectivity index (χ3n) is 5.51. The molecule has 2 aromatic rings. The molecule has 0 saturated carbocycles. The summed E-state index contributed by atoms with van der Waals surface area (Å²) < 4.78 is 39.4. The maximum absolute atomic E-state index is 12.9. The zero-order valence-electron chi connectivity index (χ0n) is 17.6. The first-order valence-electron chi connectivity index (χ1n) is 9.73. The normalized spacial score (nSPS) is 15.5. The molecule has 2 aromatic carbocycles. The van der Waals surface area contributed by atoms with Gasteiger partial charge in [0, 0.05) is 31.7 Å². The summed E-state index contributed by atoms with van der Waals surface area (Å²) >= 11 is 0. The molecule has 8 nitrogen and oxygen atoms in total. The lowest BCUT2D eigenvalue weighted by atomic mass is 10.1. The van der Waals surface area contributed by atoms with Gasteiger partial charge in [-0.3, -0.25) is 4.79 Å². The summed E-state index contributed by atoms with van der Waals surface area (Å²) in [5.74, 6) is 1.31. The van der Waals surface area contributed by atoms with Gasteiger partial charge in [0.2, 0.25) is 22.7 Å². The summed E-state index contributed by atoms with van der Waals surface area (Å²) in [4.78, 5) is 15.5. The Labute approximate surface area is 188 Å². The number of amides is 1. The molecular weight excluding hydrogens is 442 g/mol. The van der Waals surface area contributed by atoms with Gasteiger partial charge in [0.15, 0.2) is 11.5 Å². The Morgan fingerprint density at radius 3 is 2.61 bits per heavy atom. The molecule has 1 unspecified atom stereocenters. The second-order valence-corrected chi connectivity index (χ2v) is 9.42. The summed E-state index contributed by atoms with van der Waals surface area (Å²) in [5, 5.41) is 0. The number of nitrogens with zero attached hydrogens (tertiary/aromatic N) is 2. The van der Waals surface area contributed by atoms with Gasteiger partial charge < -0.3 is 19.3 Å². The summed E-state index contributed by atoms with van der Waals surface area (Å²) in [6.45, 7) is 2.48. The molecule has 0 aliphatic carbocycles. The Hall–Kier alpha value is -2.33. The lowest BCUT2D eigenvalue weighted by molar-refractivity contribution is -0.116. The van der Waals surface area contributed by atoms with Gasteiger partial charge >= 0.3 is 0 Å². The first-order chi connectivity index (χ1) is 14.3. The Morgan fingerprint density at radius 2 is 1.90 bits per heavy atom. The highest BCUT2D eigenvalue weighted by Gasteiger charge is 2.26. The number of ether oxygens (including phenoxy) is 2. The van der Waals surface area contributed by atoms with Crippen molar-refractivity contribution in [3.63, 3.8) is 0 Å². The SMILES string of the molecule is CC(=O)N1CCc2cc(S(=O)(=O)NCC(c3ccc4c(c3)OCO4)N(C)C)ccc21.Cl. The molecule has 0 spiro atoms. The van der Waals surface area contributed by atoms with Gasteiger partial charge in [0.1, 0.15) is 0 Å². The van der Waals surface area contributed by atoms with Crippen LogP contribution >= 0.6 is 12.4 Å². The van der Waals surface area contributed by atoms with E-state index in [1.807, 2.05) is 37.2 Å². The molecule has 168 valence electrons. The van der Waals surface area contributed by atoms with E-state index in [4.69, 9.17) is 9.47 Å². The standard InChI is InChI=1S/C21H25N3O5S.ClH/c1-14(25)24-9-8-16-10-17(5-6-18(16)24)30(26,27)22-12-19(23(2)3)15-4-7-20-21(11-15)29-13-28-20;/h4-7,10-11,19,22H,8-9,12-13H2,1-3H3;1H. The highest BCUT2D eigenvalue weighted by atomic mass is 35.5. The Bertz CT molecular complexity index is 1090. The highest BCUT2D eigenvalue weighted by molar-refractivity contribution is 7.89. The van der Waals surface area contributed by atoms with Crippen LogP contribution in [0.4, 0.5) is 5.69 Å². The third kappa shape index (κ3) is 4.64. The van der Waals surface area contributed by atoms with Crippen molar-refractivity contribution in [1.82, 2.24) is 9.62 Å². The van der Waals surface area contributed by atoms with Crippen molar-refractivity contribution in [3.8, 4) is 11.5 Å². The van der Waals surface area contributed by atoms with E-state index in [2.05, 4.69) is 4.72 Å². The predicted molar refractivity (Wildman–Crippen MR) is 120 cm³/mol. The quantitative estimate of drug-likeness (QED) is 0.701. The minimum atomic E-state index is -3.70. The van der Waals surface area contributed by atoms with E-state index in [1.54, 1.807) is 23.1 Å². The maximum Gasteiger partial charge on any atom is 0.240 e. The van der Waals surface area contributed by atoms with Gasteiger partial charge in [-0.05, 0) is 62.0 Å². The van der Waals surface area contributed by atoms with Gasteiger partial charge in [0.05, 0.1) is 4.90 Å². The van der Waals surface area contributed by atoms with Crippen LogP contribution in [0.15, 0.2) is 41.3 Å². The molecule has 1 atom stereocenters. The van der Waals surface area contributed by atoms with Crippen molar-refractivity contribution >= 4 is 34.0 Å². The Balaban J connectivity index is 0.00000272. The van der Waals surface area contributed by atoms with Crippen LogP contribution in [0.1, 0.15) is 24.1 Å². The molecule has 2 heterocycles. The van der Waals surface area contributed by atoms with Crippen LogP contribution in [0.5, 0.6) is 11.5 Å². The fourth-order valence-corrected chi connectivity index (χ4v) is 4.95. The largest absolute Gasteiger partial charge is 0.454 e. The molecule has 31 heavy (non-hydrogen) atoms. The Kier molecular flexibility index (Phi) is 6.80. The minimum absolute atomic E-state index is 0. The topological polar surface area (TPSA) is 88.2 Å². The predicted octanol–water partition coefficient (Wildman–Crippen LogP) is 2.33. The van der Waals surface area contributed by atoms with Crippen molar-refractivity contribution in [2.24, 2.45) is 0 Å². The number of hydrogen-bond acceptors (Lipinski definition) is 6. The number of fused-ring (bicyclic) bond motifs is 2. The number of carbonyl (C=O) groups excluding carboxylic acids is 1. The molecule has 10 heteroatoms. The maximum atomic E-state index is 12.9. The smallest absolute Gasteiger partial charge is 0.240 e. The Morgan fingerprint density at radius 1 is 1.16 bits per heavy atom. The van der Waals surface area contributed by atoms with E-state index in [-0.39, 0.29) is 42.6 Å². The van der Waals surface area contributed by atoms with E-state index in [0.29, 0.717) is 24.5 Å². The molecule has 2 aliphatic heterocycles. The third-order valence-corrected chi connectivity index (χ3v) is 6.93. The molecule has 2 aliphatic rings. The highest BCUT2D eigenvalue weighted by Crippen LogP contribution is 2.35. The number of hydrogen-bond donors (Lipinski definition) is 1. The number of carbonyl (C=O) groups is 1. The average molecular weight is 468 g/mol. The van der Waals surface area contributed by atoms with Crippen molar-refractivity contribution in [1.29, 1.82) is 0 Å². The number of anilines is 1. The van der Waals surface area contributed by atoms with Gasteiger partial charge in [0.25, 0.3) is 0 Å². The van der Waals surface area contributed by atoms with E-state index in [0.717, 1.165) is 16.8 Å². The number of halogens is 1. The van der Waals surface area contributed by atoms with Crippen molar-refractivity contribution in [2.45, 2.75) is 24.3 Å². The van der Waals surface area contributed by atoms with Crippen LogP contribution in [-0.4, -0.2) is 53.2 Å². The number of nitrogens with one attached hydrogen (secondary N) is 1. The second kappa shape index (κ2) is 9.04. The summed E-state index contributed by atoms with van der Waals surface area (Å²) in [5.41, 5.74) is 2.58. The van der Waals surface area contributed by atoms with Crippen LogP contribution in [-0.2, 0) is 21.2 Å². The molecule has 0 saturated heterocycles. The van der Waals surface area contributed by atoms with Crippen LogP contribution in [0.2, 0.25) is 0 Å². The van der Waals surface area contributed by atoms with Crippen molar-refractivity contribution in [3.05, 3.63) is 47.5 Å². The van der Waals surface area contributed by atoms with Gasteiger partial charge in [-0.25, -0.2) is 13.1 Å². The van der Waals surface area contributed by atoms with E-state index < -0.39 is 10.0 Å². The minimum Gasteiger partial charge on any atom is -0.454 e. The van der Waals surface area contributed by atoms with E-state index >= 15 is 0 Å².